The Kier molecular flexibility index (Phi) is 9.61. The maximum atomic E-state index is 9.76. The number of aliphatic hydroxyl groups excluding tert-OH is 2. The van der Waals surface area contributed by atoms with E-state index in [1.54, 1.807) is 0 Å². The molecule has 3 N–H and O–H groups in total. The minimum absolute atomic E-state index is 0.0546. The Balaban J connectivity index is 2.01. The average Bonchev–Trinajstić information content (AvgIpc) is 2.44. The minimum atomic E-state index is -0.549. The summed E-state index contributed by atoms with van der Waals surface area (Å²) in [5.74, 6) is 0.732. The molecule has 0 heterocycles. The lowest BCUT2D eigenvalue weighted by Gasteiger charge is -2.13. The van der Waals surface area contributed by atoms with Gasteiger partial charge in [-0.05, 0) is 31.2 Å². The van der Waals surface area contributed by atoms with Crippen LogP contribution in [0.2, 0.25) is 0 Å². The summed E-state index contributed by atoms with van der Waals surface area (Å²) in [7, 11) is 0. The van der Waals surface area contributed by atoms with Crippen molar-refractivity contribution in [3.05, 3.63) is 28.7 Å². The van der Waals surface area contributed by atoms with Crippen molar-refractivity contribution in [2.45, 2.75) is 12.5 Å². The van der Waals surface area contributed by atoms with Gasteiger partial charge in [-0.15, -0.1) is 0 Å². The Morgan fingerprint density at radius 1 is 1.30 bits per heavy atom. The van der Waals surface area contributed by atoms with Gasteiger partial charge in [0.2, 0.25) is 0 Å². The Labute approximate surface area is 128 Å². The van der Waals surface area contributed by atoms with Gasteiger partial charge < -0.3 is 25.0 Å². The molecular weight excluding hydrogens is 326 g/mol. The molecule has 0 fully saturated rings. The molecule has 114 valence electrons. The number of halogens is 1. The van der Waals surface area contributed by atoms with Crippen LogP contribution in [0.4, 0.5) is 0 Å². The summed E-state index contributed by atoms with van der Waals surface area (Å²) in [5, 5.41) is 21.4. The molecule has 0 aromatic heterocycles. The Bertz CT molecular complexity index is 365. The third kappa shape index (κ3) is 8.50. The fourth-order valence-electron chi connectivity index (χ4n) is 1.54. The second kappa shape index (κ2) is 11.0. The SMILES string of the molecule is OCCOCCCNCC(O)COc1cccc(Br)c1. The van der Waals surface area contributed by atoms with E-state index in [-0.39, 0.29) is 13.2 Å². The van der Waals surface area contributed by atoms with Gasteiger partial charge in [-0.1, -0.05) is 22.0 Å². The van der Waals surface area contributed by atoms with Crippen molar-refractivity contribution in [2.75, 3.05) is 39.5 Å². The second-order valence-electron chi connectivity index (χ2n) is 4.32. The fourth-order valence-corrected chi connectivity index (χ4v) is 1.92. The number of aliphatic hydroxyl groups is 2. The van der Waals surface area contributed by atoms with Gasteiger partial charge in [-0.3, -0.25) is 0 Å². The van der Waals surface area contributed by atoms with Gasteiger partial charge in [0.15, 0.2) is 0 Å². The van der Waals surface area contributed by atoms with E-state index in [0.717, 1.165) is 23.2 Å². The molecule has 6 heteroatoms. The third-order valence-electron chi connectivity index (χ3n) is 2.50. The normalized spacial score (nSPS) is 12.3. The van der Waals surface area contributed by atoms with Crippen molar-refractivity contribution in [1.82, 2.24) is 5.32 Å². The number of benzene rings is 1. The standard InChI is InChI=1S/C14H22BrNO4/c15-12-3-1-4-14(9-12)20-11-13(18)10-16-5-2-7-19-8-6-17/h1,3-4,9,13,16-18H,2,5-8,10-11H2. The van der Waals surface area contributed by atoms with E-state index in [4.69, 9.17) is 14.6 Å². The Hall–Kier alpha value is -0.660. The predicted molar refractivity (Wildman–Crippen MR) is 81.0 cm³/mol. The summed E-state index contributed by atoms with van der Waals surface area (Å²) in [6, 6.07) is 7.52. The molecule has 1 atom stereocenters. The molecular formula is C14H22BrNO4. The average molecular weight is 348 g/mol. The van der Waals surface area contributed by atoms with Crippen molar-refractivity contribution in [3.63, 3.8) is 0 Å². The molecule has 0 saturated heterocycles. The zero-order chi connectivity index (χ0) is 14.6. The quantitative estimate of drug-likeness (QED) is 0.524. The van der Waals surface area contributed by atoms with Gasteiger partial charge in [0, 0.05) is 17.6 Å². The number of hydrogen-bond donors (Lipinski definition) is 3. The monoisotopic (exact) mass is 347 g/mol. The first kappa shape index (κ1) is 17.4. The van der Waals surface area contributed by atoms with Crippen molar-refractivity contribution in [2.24, 2.45) is 0 Å². The lowest BCUT2D eigenvalue weighted by Crippen LogP contribution is -2.32. The molecule has 0 saturated carbocycles. The number of ether oxygens (including phenoxy) is 2. The lowest BCUT2D eigenvalue weighted by atomic mass is 10.3. The van der Waals surface area contributed by atoms with Crippen LogP contribution in [0.15, 0.2) is 28.7 Å². The second-order valence-corrected chi connectivity index (χ2v) is 5.23. The van der Waals surface area contributed by atoms with Gasteiger partial charge in [0.1, 0.15) is 18.5 Å². The summed E-state index contributed by atoms with van der Waals surface area (Å²) in [6.07, 6.45) is 0.298. The Morgan fingerprint density at radius 3 is 2.90 bits per heavy atom. The smallest absolute Gasteiger partial charge is 0.120 e. The molecule has 1 aromatic carbocycles. The highest BCUT2D eigenvalue weighted by atomic mass is 79.9. The van der Waals surface area contributed by atoms with E-state index < -0.39 is 6.10 Å². The van der Waals surface area contributed by atoms with Crippen LogP contribution in [0.1, 0.15) is 6.42 Å². The van der Waals surface area contributed by atoms with Gasteiger partial charge in [0.05, 0.1) is 13.2 Å². The topological polar surface area (TPSA) is 71.0 Å². The van der Waals surface area contributed by atoms with E-state index in [0.29, 0.717) is 19.8 Å². The first-order valence-electron chi connectivity index (χ1n) is 6.68. The number of rotatable bonds is 11. The first-order valence-corrected chi connectivity index (χ1v) is 7.47. The van der Waals surface area contributed by atoms with Crippen LogP contribution in [0.3, 0.4) is 0 Å². The van der Waals surface area contributed by atoms with E-state index >= 15 is 0 Å². The summed E-state index contributed by atoms with van der Waals surface area (Å²) < 4.78 is 11.6. The zero-order valence-electron chi connectivity index (χ0n) is 11.4. The van der Waals surface area contributed by atoms with Crippen molar-refractivity contribution in [3.8, 4) is 5.75 Å². The summed E-state index contributed by atoms with van der Waals surface area (Å²) >= 11 is 3.36. The van der Waals surface area contributed by atoms with Gasteiger partial charge in [-0.25, -0.2) is 0 Å². The van der Waals surface area contributed by atoms with Gasteiger partial charge >= 0.3 is 0 Å². The molecule has 0 aliphatic heterocycles. The van der Waals surface area contributed by atoms with Crippen LogP contribution in [0, 0.1) is 0 Å². The lowest BCUT2D eigenvalue weighted by molar-refractivity contribution is 0.0875. The van der Waals surface area contributed by atoms with Crippen LogP contribution in [0.25, 0.3) is 0 Å². The van der Waals surface area contributed by atoms with E-state index in [9.17, 15) is 5.11 Å². The molecule has 0 radical (unpaired) electrons. The summed E-state index contributed by atoms with van der Waals surface area (Å²) in [5.41, 5.74) is 0. The number of hydrogen-bond acceptors (Lipinski definition) is 5. The third-order valence-corrected chi connectivity index (χ3v) is 2.99. The molecule has 0 amide bonds. The van der Waals surface area contributed by atoms with Crippen LogP contribution in [0.5, 0.6) is 5.75 Å². The van der Waals surface area contributed by atoms with E-state index in [2.05, 4.69) is 21.2 Å². The predicted octanol–water partition coefficient (Wildman–Crippen LogP) is 1.18. The molecule has 0 aliphatic carbocycles. The Morgan fingerprint density at radius 2 is 2.15 bits per heavy atom. The first-order chi connectivity index (χ1) is 9.72. The largest absolute Gasteiger partial charge is 0.491 e. The highest BCUT2D eigenvalue weighted by Gasteiger charge is 2.04. The van der Waals surface area contributed by atoms with Gasteiger partial charge in [-0.2, -0.15) is 0 Å². The van der Waals surface area contributed by atoms with Gasteiger partial charge in [0.25, 0.3) is 0 Å². The summed E-state index contributed by atoms with van der Waals surface area (Å²) in [4.78, 5) is 0. The van der Waals surface area contributed by atoms with Crippen LogP contribution >= 0.6 is 15.9 Å². The molecule has 0 spiro atoms. The zero-order valence-corrected chi connectivity index (χ0v) is 13.0. The van der Waals surface area contributed by atoms with E-state index in [1.165, 1.54) is 0 Å². The number of nitrogens with one attached hydrogen (secondary N) is 1. The molecule has 20 heavy (non-hydrogen) atoms. The molecule has 1 aromatic rings. The molecule has 0 bridgehead atoms. The highest BCUT2D eigenvalue weighted by Crippen LogP contribution is 2.17. The van der Waals surface area contributed by atoms with Crippen molar-refractivity contribution >= 4 is 15.9 Å². The maximum Gasteiger partial charge on any atom is 0.120 e. The molecule has 1 rings (SSSR count). The highest BCUT2D eigenvalue weighted by molar-refractivity contribution is 9.10. The molecule has 5 nitrogen and oxygen atoms in total. The minimum Gasteiger partial charge on any atom is -0.491 e. The van der Waals surface area contributed by atoms with Crippen molar-refractivity contribution < 1.29 is 19.7 Å². The van der Waals surface area contributed by atoms with Crippen LogP contribution < -0.4 is 10.1 Å². The maximum absolute atomic E-state index is 9.76. The van der Waals surface area contributed by atoms with Crippen LogP contribution in [-0.2, 0) is 4.74 Å². The van der Waals surface area contributed by atoms with Crippen LogP contribution in [-0.4, -0.2) is 55.8 Å². The fraction of sp³-hybridized carbons (Fsp3) is 0.571. The molecule has 0 aliphatic rings. The molecule has 1 unspecified atom stereocenters. The summed E-state index contributed by atoms with van der Waals surface area (Å²) in [6.45, 7) is 2.54. The van der Waals surface area contributed by atoms with Crippen molar-refractivity contribution in [1.29, 1.82) is 0 Å². The van der Waals surface area contributed by atoms with E-state index in [1.807, 2.05) is 24.3 Å².